The number of hydrogen-bond donors (Lipinski definition) is 2. The molecule has 108 valence electrons. The van der Waals surface area contributed by atoms with Gasteiger partial charge < -0.3 is 10.6 Å². The zero-order chi connectivity index (χ0) is 14.1. The Morgan fingerprint density at radius 1 is 1.45 bits per heavy atom. The zero-order valence-corrected chi connectivity index (χ0v) is 12.3. The molecule has 2 atom stereocenters. The molecule has 0 spiro atoms. The van der Waals surface area contributed by atoms with Gasteiger partial charge in [0.15, 0.2) is 0 Å². The lowest BCUT2D eigenvalue weighted by atomic mass is 10.1. The van der Waals surface area contributed by atoms with Crippen molar-refractivity contribution in [3.8, 4) is 0 Å². The van der Waals surface area contributed by atoms with Crippen LogP contribution in [0.5, 0.6) is 0 Å². The molecule has 5 nitrogen and oxygen atoms in total. The van der Waals surface area contributed by atoms with Crippen LogP contribution in [0.15, 0.2) is 12.3 Å². The van der Waals surface area contributed by atoms with Crippen molar-refractivity contribution in [1.82, 2.24) is 15.2 Å². The first-order chi connectivity index (χ1) is 9.69. The van der Waals surface area contributed by atoms with E-state index in [0.29, 0.717) is 22.4 Å². The standard InChI is InChI=1S/C14H19ClN4O/c1-16-13-7-9(10(15)8-17-13)14(20)18-11-4-6-19-5-2-3-12(11)19/h7-8,11-12H,2-6H2,1H3,(H,16,17)(H,18,20). The highest BCUT2D eigenvalue weighted by atomic mass is 35.5. The molecule has 2 aliphatic heterocycles. The first-order valence-electron chi connectivity index (χ1n) is 7.07. The molecule has 0 bridgehead atoms. The Morgan fingerprint density at radius 2 is 2.30 bits per heavy atom. The fourth-order valence-electron chi connectivity index (χ4n) is 3.25. The van der Waals surface area contributed by atoms with Crippen molar-refractivity contribution < 1.29 is 4.79 Å². The summed E-state index contributed by atoms with van der Waals surface area (Å²) in [6, 6.07) is 2.44. The van der Waals surface area contributed by atoms with Crippen LogP contribution in [0.25, 0.3) is 0 Å². The summed E-state index contributed by atoms with van der Waals surface area (Å²) in [5.74, 6) is 0.543. The third kappa shape index (κ3) is 2.47. The van der Waals surface area contributed by atoms with E-state index in [0.717, 1.165) is 19.5 Å². The highest BCUT2D eigenvalue weighted by molar-refractivity contribution is 6.33. The van der Waals surface area contributed by atoms with Gasteiger partial charge in [-0.15, -0.1) is 0 Å². The van der Waals surface area contributed by atoms with Crippen molar-refractivity contribution in [3.63, 3.8) is 0 Å². The number of rotatable bonds is 3. The van der Waals surface area contributed by atoms with Crippen LogP contribution in [0, 0.1) is 0 Å². The van der Waals surface area contributed by atoms with E-state index in [2.05, 4.69) is 20.5 Å². The summed E-state index contributed by atoms with van der Waals surface area (Å²) in [4.78, 5) is 19.0. The molecule has 3 heterocycles. The van der Waals surface area contributed by atoms with Crippen molar-refractivity contribution in [2.45, 2.75) is 31.3 Å². The molecule has 3 rings (SSSR count). The van der Waals surface area contributed by atoms with Crippen LogP contribution in [-0.4, -0.2) is 48.0 Å². The van der Waals surface area contributed by atoms with Crippen LogP contribution in [-0.2, 0) is 0 Å². The number of fused-ring (bicyclic) bond motifs is 1. The third-order valence-electron chi connectivity index (χ3n) is 4.28. The van der Waals surface area contributed by atoms with E-state index < -0.39 is 0 Å². The van der Waals surface area contributed by atoms with Gasteiger partial charge in [0.2, 0.25) is 0 Å². The monoisotopic (exact) mass is 294 g/mol. The molecular weight excluding hydrogens is 276 g/mol. The molecule has 2 fully saturated rings. The molecule has 2 saturated heterocycles. The highest BCUT2D eigenvalue weighted by Crippen LogP contribution is 2.28. The molecule has 2 unspecified atom stereocenters. The van der Waals surface area contributed by atoms with Crippen molar-refractivity contribution >= 4 is 23.3 Å². The van der Waals surface area contributed by atoms with Crippen molar-refractivity contribution in [2.24, 2.45) is 0 Å². The van der Waals surface area contributed by atoms with Crippen molar-refractivity contribution in [1.29, 1.82) is 0 Å². The maximum absolute atomic E-state index is 12.4. The molecule has 2 N–H and O–H groups in total. The summed E-state index contributed by atoms with van der Waals surface area (Å²) in [5.41, 5.74) is 0.488. The van der Waals surface area contributed by atoms with Gasteiger partial charge in [-0.1, -0.05) is 11.6 Å². The van der Waals surface area contributed by atoms with Gasteiger partial charge in [-0.05, 0) is 31.9 Å². The summed E-state index contributed by atoms with van der Waals surface area (Å²) in [7, 11) is 1.77. The van der Waals surface area contributed by atoms with Crippen LogP contribution in [0.2, 0.25) is 5.02 Å². The molecule has 1 aromatic heterocycles. The maximum Gasteiger partial charge on any atom is 0.253 e. The molecular formula is C14H19ClN4O. The Labute approximate surface area is 123 Å². The minimum absolute atomic E-state index is 0.104. The van der Waals surface area contributed by atoms with E-state index >= 15 is 0 Å². The Hall–Kier alpha value is -1.33. The van der Waals surface area contributed by atoms with Gasteiger partial charge in [0, 0.05) is 31.9 Å². The molecule has 0 aliphatic carbocycles. The fraction of sp³-hybridized carbons (Fsp3) is 0.571. The lowest BCUT2D eigenvalue weighted by molar-refractivity contribution is 0.0929. The minimum atomic E-state index is -0.104. The number of carbonyl (C=O) groups excluding carboxylic acids is 1. The van der Waals surface area contributed by atoms with Crippen molar-refractivity contribution in [3.05, 3.63) is 22.8 Å². The van der Waals surface area contributed by atoms with E-state index in [1.807, 2.05) is 0 Å². The van der Waals surface area contributed by atoms with Gasteiger partial charge in [0.1, 0.15) is 5.82 Å². The number of pyridine rings is 1. The average Bonchev–Trinajstić information content (AvgIpc) is 3.04. The molecule has 0 saturated carbocycles. The van der Waals surface area contributed by atoms with Gasteiger partial charge >= 0.3 is 0 Å². The molecule has 1 aromatic rings. The quantitative estimate of drug-likeness (QED) is 0.892. The number of anilines is 1. The van der Waals surface area contributed by atoms with Gasteiger partial charge in [-0.3, -0.25) is 9.69 Å². The molecule has 6 heteroatoms. The van der Waals surface area contributed by atoms with E-state index in [-0.39, 0.29) is 11.9 Å². The number of aromatic nitrogens is 1. The predicted molar refractivity (Wildman–Crippen MR) is 79.3 cm³/mol. The molecule has 0 aromatic carbocycles. The van der Waals surface area contributed by atoms with Gasteiger partial charge in [0.25, 0.3) is 5.91 Å². The van der Waals surface area contributed by atoms with Crippen LogP contribution in [0.1, 0.15) is 29.6 Å². The Balaban J connectivity index is 1.73. The maximum atomic E-state index is 12.4. The number of nitrogens with one attached hydrogen (secondary N) is 2. The smallest absolute Gasteiger partial charge is 0.253 e. The highest BCUT2D eigenvalue weighted by Gasteiger charge is 2.38. The van der Waals surface area contributed by atoms with E-state index in [1.165, 1.54) is 19.0 Å². The Bertz CT molecular complexity index is 522. The van der Waals surface area contributed by atoms with Gasteiger partial charge in [-0.25, -0.2) is 4.98 Å². The largest absolute Gasteiger partial charge is 0.373 e. The normalized spacial score (nSPS) is 25.5. The number of halogens is 1. The summed E-state index contributed by atoms with van der Waals surface area (Å²) in [6.45, 7) is 2.25. The van der Waals surface area contributed by atoms with E-state index in [1.54, 1.807) is 13.1 Å². The molecule has 2 aliphatic rings. The lowest BCUT2D eigenvalue weighted by Crippen LogP contribution is -2.42. The molecule has 20 heavy (non-hydrogen) atoms. The SMILES string of the molecule is CNc1cc(C(=O)NC2CCN3CCCC23)c(Cl)cn1. The summed E-state index contributed by atoms with van der Waals surface area (Å²) in [5, 5.41) is 6.45. The third-order valence-corrected chi connectivity index (χ3v) is 4.58. The second-order valence-electron chi connectivity index (χ2n) is 5.41. The molecule has 1 amide bonds. The van der Waals surface area contributed by atoms with E-state index in [4.69, 9.17) is 11.6 Å². The first-order valence-corrected chi connectivity index (χ1v) is 7.45. The zero-order valence-electron chi connectivity index (χ0n) is 11.5. The van der Waals surface area contributed by atoms with Crippen LogP contribution >= 0.6 is 11.6 Å². The average molecular weight is 295 g/mol. The van der Waals surface area contributed by atoms with Gasteiger partial charge in [0.05, 0.1) is 10.6 Å². The Kier molecular flexibility index (Phi) is 3.81. The first kappa shape index (κ1) is 13.6. The summed E-state index contributed by atoms with van der Waals surface area (Å²) in [6.07, 6.45) is 4.95. The number of amides is 1. The fourth-order valence-corrected chi connectivity index (χ4v) is 3.44. The topological polar surface area (TPSA) is 57.3 Å². The summed E-state index contributed by atoms with van der Waals surface area (Å²) < 4.78 is 0. The van der Waals surface area contributed by atoms with Crippen LogP contribution in [0.3, 0.4) is 0 Å². The van der Waals surface area contributed by atoms with Crippen LogP contribution in [0.4, 0.5) is 5.82 Å². The van der Waals surface area contributed by atoms with Crippen LogP contribution < -0.4 is 10.6 Å². The van der Waals surface area contributed by atoms with E-state index in [9.17, 15) is 4.79 Å². The summed E-state index contributed by atoms with van der Waals surface area (Å²) >= 11 is 6.08. The second kappa shape index (κ2) is 5.58. The van der Waals surface area contributed by atoms with Gasteiger partial charge in [-0.2, -0.15) is 0 Å². The number of carbonyl (C=O) groups is 1. The Morgan fingerprint density at radius 3 is 3.10 bits per heavy atom. The predicted octanol–water partition coefficient (Wildman–Crippen LogP) is 1.74. The lowest BCUT2D eigenvalue weighted by Gasteiger charge is -2.21. The number of nitrogens with zero attached hydrogens (tertiary/aromatic N) is 2. The molecule has 0 radical (unpaired) electrons. The minimum Gasteiger partial charge on any atom is -0.373 e. The number of hydrogen-bond acceptors (Lipinski definition) is 4. The second-order valence-corrected chi connectivity index (χ2v) is 5.82. The van der Waals surface area contributed by atoms with Crippen molar-refractivity contribution in [2.75, 3.05) is 25.5 Å².